The Morgan fingerprint density at radius 2 is 0.878 bits per heavy atom. The minimum absolute atomic E-state index is 1.22. The lowest BCUT2D eigenvalue weighted by molar-refractivity contribution is 1.13. The monoisotopic (exact) mass is 561 g/mol. The van der Waals surface area contributed by atoms with Gasteiger partial charge < -0.3 is 4.90 Å². The fourth-order valence-corrected chi connectivity index (χ4v) is 8.36. The molecule has 1 heterocycles. The van der Waals surface area contributed by atoms with Crippen molar-refractivity contribution < 1.29 is 0 Å². The van der Waals surface area contributed by atoms with Crippen LogP contribution in [0.5, 0.6) is 0 Å². The second-order valence-corrected chi connectivity index (χ2v) is 13.0. The van der Waals surface area contributed by atoms with Crippen molar-refractivity contribution in [2.24, 2.45) is 0 Å². The molecule has 0 saturated carbocycles. The zero-order valence-electron chi connectivity index (χ0n) is 22.9. The molecule has 0 spiro atoms. The summed E-state index contributed by atoms with van der Waals surface area (Å²) in [5.74, 6) is 0. The van der Waals surface area contributed by atoms with Gasteiger partial charge in [0.1, 0.15) is 0 Å². The van der Waals surface area contributed by atoms with Crippen LogP contribution in [0.1, 0.15) is 0 Å². The van der Waals surface area contributed by atoms with E-state index in [1.165, 1.54) is 79.8 Å². The van der Waals surface area contributed by atoms with Crippen molar-refractivity contribution >= 4 is 61.5 Å². The second-order valence-electron chi connectivity index (χ2n) is 10.8. The Balaban J connectivity index is 1.25. The highest BCUT2D eigenvalue weighted by atomic mass is 32.2. The molecule has 0 amide bonds. The van der Waals surface area contributed by atoms with Gasteiger partial charge in [-0.05, 0) is 85.4 Å². The Bertz CT molecular complexity index is 2110. The first-order valence-electron chi connectivity index (χ1n) is 13.9. The highest BCUT2D eigenvalue weighted by molar-refractivity contribution is 8.05. The van der Waals surface area contributed by atoms with Crippen molar-refractivity contribution in [2.75, 3.05) is 19.0 Å². The molecule has 0 atom stereocenters. The van der Waals surface area contributed by atoms with Gasteiger partial charge in [0.25, 0.3) is 0 Å². The smallest absolute Gasteiger partial charge is 0.0446 e. The van der Waals surface area contributed by atoms with Gasteiger partial charge in [0, 0.05) is 44.9 Å². The molecular formula is C38H27NS2. The summed E-state index contributed by atoms with van der Waals surface area (Å²) in [6, 6.07) is 47.0. The molecule has 3 heteroatoms. The van der Waals surface area contributed by atoms with Gasteiger partial charge in [-0.15, -0.1) is 0 Å². The SMILES string of the molecule is CN(C)c1cc(-c2ccc3c(c2)Sc2ccccc2S3)ccc1-c1ccc2c3ccccc3c3ccccc3c2c1. The van der Waals surface area contributed by atoms with Crippen molar-refractivity contribution in [3.05, 3.63) is 127 Å². The van der Waals surface area contributed by atoms with Gasteiger partial charge in [-0.2, -0.15) is 0 Å². The van der Waals surface area contributed by atoms with Crippen molar-refractivity contribution in [1.82, 2.24) is 0 Å². The van der Waals surface area contributed by atoms with E-state index in [4.69, 9.17) is 0 Å². The zero-order chi connectivity index (χ0) is 27.5. The molecule has 1 aliphatic rings. The van der Waals surface area contributed by atoms with E-state index >= 15 is 0 Å². The first kappa shape index (κ1) is 24.6. The fraction of sp³-hybridized carbons (Fsp3) is 0.0526. The maximum absolute atomic E-state index is 2.39. The maximum Gasteiger partial charge on any atom is 0.0446 e. The third-order valence-electron chi connectivity index (χ3n) is 8.10. The van der Waals surface area contributed by atoms with Crippen molar-refractivity contribution in [2.45, 2.75) is 19.6 Å². The Hall–Kier alpha value is -4.18. The van der Waals surface area contributed by atoms with Gasteiger partial charge >= 0.3 is 0 Å². The average Bonchev–Trinajstić information content (AvgIpc) is 3.03. The Morgan fingerprint density at radius 3 is 1.54 bits per heavy atom. The molecule has 196 valence electrons. The number of fused-ring (bicyclic) bond motifs is 8. The average molecular weight is 562 g/mol. The predicted molar refractivity (Wildman–Crippen MR) is 179 cm³/mol. The van der Waals surface area contributed by atoms with Gasteiger partial charge in [-0.1, -0.05) is 115 Å². The van der Waals surface area contributed by atoms with E-state index in [-0.39, 0.29) is 0 Å². The number of nitrogens with zero attached hydrogens (tertiary/aromatic N) is 1. The van der Waals surface area contributed by atoms with Crippen LogP contribution in [0.2, 0.25) is 0 Å². The van der Waals surface area contributed by atoms with Crippen molar-refractivity contribution in [3.63, 3.8) is 0 Å². The predicted octanol–water partition coefficient (Wildman–Crippen LogP) is 11.2. The summed E-state index contributed by atoms with van der Waals surface area (Å²) < 4.78 is 0. The minimum Gasteiger partial charge on any atom is -0.377 e. The number of anilines is 1. The molecule has 0 N–H and O–H groups in total. The van der Waals surface area contributed by atoms with E-state index in [0.29, 0.717) is 0 Å². The third-order valence-corrected chi connectivity index (χ3v) is 10.6. The molecule has 41 heavy (non-hydrogen) atoms. The molecule has 0 unspecified atom stereocenters. The molecule has 1 aliphatic heterocycles. The summed E-state index contributed by atoms with van der Waals surface area (Å²) in [7, 11) is 4.28. The van der Waals surface area contributed by atoms with Gasteiger partial charge in [-0.3, -0.25) is 0 Å². The van der Waals surface area contributed by atoms with E-state index < -0.39 is 0 Å². The van der Waals surface area contributed by atoms with E-state index in [2.05, 4.69) is 146 Å². The van der Waals surface area contributed by atoms with Gasteiger partial charge in [0.15, 0.2) is 0 Å². The van der Waals surface area contributed by atoms with Crippen LogP contribution in [0.4, 0.5) is 5.69 Å². The summed E-state index contributed by atoms with van der Waals surface area (Å²) in [6.45, 7) is 0. The molecule has 0 fully saturated rings. The maximum atomic E-state index is 2.39. The van der Waals surface area contributed by atoms with Crippen LogP contribution in [0, 0.1) is 0 Å². The van der Waals surface area contributed by atoms with Crippen molar-refractivity contribution in [3.8, 4) is 22.3 Å². The summed E-state index contributed by atoms with van der Waals surface area (Å²) in [6.07, 6.45) is 0. The van der Waals surface area contributed by atoms with Crippen LogP contribution >= 0.6 is 23.5 Å². The van der Waals surface area contributed by atoms with Crippen LogP contribution in [0.25, 0.3) is 54.6 Å². The van der Waals surface area contributed by atoms with Gasteiger partial charge in [0.2, 0.25) is 0 Å². The van der Waals surface area contributed by atoms with E-state index in [1.807, 2.05) is 23.5 Å². The van der Waals surface area contributed by atoms with E-state index in [9.17, 15) is 0 Å². The van der Waals surface area contributed by atoms with Crippen molar-refractivity contribution in [1.29, 1.82) is 0 Å². The quantitative estimate of drug-likeness (QED) is 0.198. The number of hydrogen-bond acceptors (Lipinski definition) is 3. The van der Waals surface area contributed by atoms with Gasteiger partial charge in [0.05, 0.1) is 0 Å². The zero-order valence-corrected chi connectivity index (χ0v) is 24.5. The Kier molecular flexibility index (Phi) is 5.84. The highest BCUT2D eigenvalue weighted by Gasteiger charge is 2.18. The van der Waals surface area contributed by atoms with Crippen LogP contribution in [-0.2, 0) is 0 Å². The normalized spacial score (nSPS) is 12.4. The molecule has 1 nitrogen and oxygen atoms in total. The largest absolute Gasteiger partial charge is 0.377 e. The summed E-state index contributed by atoms with van der Waals surface area (Å²) in [5.41, 5.74) is 6.19. The molecular weight excluding hydrogens is 535 g/mol. The van der Waals surface area contributed by atoms with Crippen LogP contribution in [0.15, 0.2) is 147 Å². The lowest BCUT2D eigenvalue weighted by Crippen LogP contribution is -2.10. The second kappa shape index (κ2) is 9.73. The molecule has 7 aromatic rings. The van der Waals surface area contributed by atoms with E-state index in [0.717, 1.165) is 0 Å². The first-order valence-corrected chi connectivity index (χ1v) is 15.5. The lowest BCUT2D eigenvalue weighted by Gasteiger charge is -2.21. The fourth-order valence-electron chi connectivity index (χ4n) is 6.11. The topological polar surface area (TPSA) is 3.24 Å². The summed E-state index contributed by atoms with van der Waals surface area (Å²) in [4.78, 5) is 7.57. The Labute approximate surface area is 248 Å². The van der Waals surface area contributed by atoms with Crippen LogP contribution in [0.3, 0.4) is 0 Å². The third kappa shape index (κ3) is 4.11. The highest BCUT2D eigenvalue weighted by Crippen LogP contribution is 2.49. The molecule has 0 radical (unpaired) electrons. The van der Waals surface area contributed by atoms with Crippen LogP contribution in [-0.4, -0.2) is 14.1 Å². The molecule has 0 aliphatic carbocycles. The standard InChI is InChI=1S/C38H27NS2/c1-39(2)34-22-24(25-17-20-37-38(23-25)41-36-14-8-7-13-35(36)40-37)15-18-27(34)26-16-19-32-30-11-4-3-9-28(30)29-10-5-6-12-31(29)33(32)21-26/h3-23H,1-2H3. The molecule has 0 aromatic heterocycles. The number of rotatable bonds is 3. The molecule has 7 aromatic carbocycles. The minimum atomic E-state index is 1.22. The number of benzene rings is 7. The van der Waals surface area contributed by atoms with Gasteiger partial charge in [-0.25, -0.2) is 0 Å². The van der Waals surface area contributed by atoms with Crippen LogP contribution < -0.4 is 4.90 Å². The number of hydrogen-bond donors (Lipinski definition) is 0. The molecule has 0 bridgehead atoms. The van der Waals surface area contributed by atoms with E-state index in [1.54, 1.807) is 0 Å². The summed E-state index contributed by atoms with van der Waals surface area (Å²) in [5, 5.41) is 7.83. The lowest BCUT2D eigenvalue weighted by atomic mass is 9.91. The Morgan fingerprint density at radius 1 is 0.390 bits per heavy atom. The summed E-state index contributed by atoms with van der Waals surface area (Å²) >= 11 is 3.74. The first-order chi connectivity index (χ1) is 20.1. The molecule has 0 saturated heterocycles. The molecule has 8 rings (SSSR count).